The summed E-state index contributed by atoms with van der Waals surface area (Å²) in [5.74, 6) is -0.455. The van der Waals surface area contributed by atoms with E-state index in [1.807, 2.05) is 0 Å². The van der Waals surface area contributed by atoms with Crippen LogP contribution in [0.2, 0.25) is 5.02 Å². The number of carbonyl (C=O) groups is 1. The molecule has 0 aliphatic carbocycles. The summed E-state index contributed by atoms with van der Waals surface area (Å²) in [6, 6.07) is 1.35. The Hall–Kier alpha value is -2.36. The zero-order chi connectivity index (χ0) is 17.9. The average molecular weight is 363 g/mol. The quantitative estimate of drug-likeness (QED) is 0.653. The summed E-state index contributed by atoms with van der Waals surface area (Å²) in [5, 5.41) is 11.9. The van der Waals surface area contributed by atoms with E-state index in [4.69, 9.17) is 11.6 Å². The van der Waals surface area contributed by atoms with Gasteiger partial charge in [0, 0.05) is 6.20 Å². The number of aryl methyl sites for hydroxylation is 1. The summed E-state index contributed by atoms with van der Waals surface area (Å²) in [7, 11) is 0. The van der Waals surface area contributed by atoms with Crippen molar-refractivity contribution in [2.45, 2.75) is 33.1 Å². The minimum atomic E-state index is -4.35. The van der Waals surface area contributed by atoms with Gasteiger partial charge in [-0.1, -0.05) is 11.6 Å². The number of hydrogen-bond acceptors (Lipinski definition) is 4. The molecule has 0 aliphatic rings. The Morgan fingerprint density at radius 1 is 1.42 bits per heavy atom. The first kappa shape index (κ1) is 18.0. The normalized spacial score (nSPS) is 12.1. The number of hydrogen-bond donors (Lipinski definition) is 1. The molecule has 24 heavy (non-hydrogen) atoms. The van der Waals surface area contributed by atoms with Crippen molar-refractivity contribution in [1.29, 1.82) is 0 Å². The standard InChI is InChI=1S/C13H14ClF3N6O/c1-8-12(14)9(2)23(20-8)6-11(24)19-18-5-10-3-4-22(21-10)7-13(15,16)17/h3-5H,6-7H2,1-2H3,(H,19,24)/b18-5-. The van der Waals surface area contributed by atoms with E-state index in [-0.39, 0.29) is 12.2 Å². The van der Waals surface area contributed by atoms with E-state index in [0.717, 1.165) is 10.9 Å². The van der Waals surface area contributed by atoms with Gasteiger partial charge in [0.05, 0.1) is 22.6 Å². The van der Waals surface area contributed by atoms with Gasteiger partial charge in [-0.3, -0.25) is 14.2 Å². The third kappa shape index (κ3) is 4.82. The Morgan fingerprint density at radius 2 is 2.12 bits per heavy atom. The maximum Gasteiger partial charge on any atom is 0.408 e. The lowest BCUT2D eigenvalue weighted by atomic mass is 10.4. The molecule has 0 fully saturated rings. The number of carbonyl (C=O) groups excluding carboxylic acids is 1. The first-order valence-electron chi connectivity index (χ1n) is 6.77. The van der Waals surface area contributed by atoms with Crippen molar-refractivity contribution in [3.8, 4) is 0 Å². The molecule has 130 valence electrons. The first-order valence-corrected chi connectivity index (χ1v) is 7.15. The van der Waals surface area contributed by atoms with Gasteiger partial charge in [-0.2, -0.15) is 28.5 Å². The molecule has 1 N–H and O–H groups in total. The third-order valence-electron chi connectivity index (χ3n) is 2.98. The van der Waals surface area contributed by atoms with E-state index in [9.17, 15) is 18.0 Å². The molecule has 2 rings (SSSR count). The number of aromatic nitrogens is 4. The van der Waals surface area contributed by atoms with Gasteiger partial charge in [0.2, 0.25) is 0 Å². The van der Waals surface area contributed by atoms with Gasteiger partial charge in [-0.05, 0) is 19.9 Å². The van der Waals surface area contributed by atoms with E-state index in [2.05, 4.69) is 20.7 Å². The highest BCUT2D eigenvalue weighted by atomic mass is 35.5. The van der Waals surface area contributed by atoms with Gasteiger partial charge >= 0.3 is 6.18 Å². The predicted octanol–water partition coefficient (Wildman–Crippen LogP) is 2.06. The van der Waals surface area contributed by atoms with Gasteiger partial charge in [-0.15, -0.1) is 0 Å². The molecule has 1 amide bonds. The highest BCUT2D eigenvalue weighted by Gasteiger charge is 2.28. The molecule has 0 radical (unpaired) electrons. The minimum Gasteiger partial charge on any atom is -0.271 e. The molecule has 0 aromatic carbocycles. The van der Waals surface area contributed by atoms with E-state index >= 15 is 0 Å². The van der Waals surface area contributed by atoms with Crippen LogP contribution in [0.5, 0.6) is 0 Å². The predicted molar refractivity (Wildman–Crippen MR) is 80.7 cm³/mol. The number of hydrazone groups is 1. The van der Waals surface area contributed by atoms with Gasteiger partial charge in [0.1, 0.15) is 18.8 Å². The monoisotopic (exact) mass is 362 g/mol. The van der Waals surface area contributed by atoms with E-state index in [0.29, 0.717) is 16.4 Å². The fourth-order valence-corrected chi connectivity index (χ4v) is 2.02. The molecule has 2 heterocycles. The molecular formula is C13H14ClF3N6O. The molecule has 0 saturated carbocycles. The second-order valence-electron chi connectivity index (χ2n) is 4.99. The van der Waals surface area contributed by atoms with Crippen LogP contribution in [-0.4, -0.2) is 37.9 Å². The fraction of sp³-hybridized carbons (Fsp3) is 0.385. The Labute approximate surface area is 140 Å². The summed E-state index contributed by atoms with van der Waals surface area (Å²) in [6.07, 6.45) is -2.02. The maximum absolute atomic E-state index is 12.2. The second kappa shape index (κ2) is 7.04. The molecule has 11 heteroatoms. The van der Waals surface area contributed by atoms with Crippen molar-refractivity contribution in [3.05, 3.63) is 34.4 Å². The van der Waals surface area contributed by atoms with Crippen LogP contribution < -0.4 is 5.43 Å². The van der Waals surface area contributed by atoms with Crippen LogP contribution in [0.3, 0.4) is 0 Å². The lowest BCUT2D eigenvalue weighted by molar-refractivity contribution is -0.142. The molecule has 0 saturated heterocycles. The summed E-state index contributed by atoms with van der Waals surface area (Å²) >= 11 is 5.98. The van der Waals surface area contributed by atoms with Crippen LogP contribution in [0.4, 0.5) is 13.2 Å². The number of nitrogens with zero attached hydrogens (tertiary/aromatic N) is 5. The van der Waals surface area contributed by atoms with Gasteiger partial charge in [0.25, 0.3) is 5.91 Å². The van der Waals surface area contributed by atoms with Crippen molar-refractivity contribution >= 4 is 23.7 Å². The average Bonchev–Trinajstić information content (AvgIpc) is 2.98. The Kier molecular flexibility index (Phi) is 5.27. The molecular weight excluding hydrogens is 349 g/mol. The number of alkyl halides is 3. The Balaban J connectivity index is 1.89. The van der Waals surface area contributed by atoms with Crippen LogP contribution in [0, 0.1) is 13.8 Å². The van der Waals surface area contributed by atoms with Crippen molar-refractivity contribution in [3.63, 3.8) is 0 Å². The van der Waals surface area contributed by atoms with E-state index < -0.39 is 18.6 Å². The molecule has 0 spiro atoms. The molecule has 0 bridgehead atoms. The highest BCUT2D eigenvalue weighted by molar-refractivity contribution is 6.31. The van der Waals surface area contributed by atoms with Crippen LogP contribution in [0.1, 0.15) is 17.1 Å². The van der Waals surface area contributed by atoms with Gasteiger partial charge in [0.15, 0.2) is 0 Å². The van der Waals surface area contributed by atoms with Gasteiger partial charge in [-0.25, -0.2) is 5.43 Å². The number of rotatable bonds is 5. The van der Waals surface area contributed by atoms with Crippen LogP contribution in [0.15, 0.2) is 17.4 Å². The maximum atomic E-state index is 12.2. The highest BCUT2D eigenvalue weighted by Crippen LogP contribution is 2.18. The van der Waals surface area contributed by atoms with Crippen molar-refractivity contribution in [1.82, 2.24) is 25.0 Å². The Bertz CT molecular complexity index is 764. The SMILES string of the molecule is Cc1nn(CC(=O)N/N=C\c2ccn(CC(F)(F)F)n2)c(C)c1Cl. The summed E-state index contributed by atoms with van der Waals surface area (Å²) in [6.45, 7) is 2.18. The third-order valence-corrected chi connectivity index (χ3v) is 3.52. The largest absolute Gasteiger partial charge is 0.408 e. The van der Waals surface area contributed by atoms with Crippen molar-refractivity contribution < 1.29 is 18.0 Å². The lowest BCUT2D eigenvalue weighted by Gasteiger charge is -2.04. The van der Waals surface area contributed by atoms with E-state index in [1.54, 1.807) is 13.8 Å². The number of halogens is 4. The zero-order valence-corrected chi connectivity index (χ0v) is 13.6. The van der Waals surface area contributed by atoms with Crippen LogP contribution in [0.25, 0.3) is 0 Å². The Morgan fingerprint density at radius 3 is 2.71 bits per heavy atom. The molecule has 0 atom stereocenters. The topological polar surface area (TPSA) is 77.1 Å². The zero-order valence-electron chi connectivity index (χ0n) is 12.8. The van der Waals surface area contributed by atoms with Crippen LogP contribution >= 0.6 is 11.6 Å². The van der Waals surface area contributed by atoms with E-state index in [1.165, 1.54) is 16.9 Å². The minimum absolute atomic E-state index is 0.0841. The number of nitrogens with one attached hydrogen (secondary N) is 1. The van der Waals surface area contributed by atoms with Crippen LogP contribution in [-0.2, 0) is 17.9 Å². The molecule has 0 aliphatic heterocycles. The number of amides is 1. The second-order valence-corrected chi connectivity index (χ2v) is 5.37. The lowest BCUT2D eigenvalue weighted by Crippen LogP contribution is -2.24. The molecule has 2 aromatic heterocycles. The van der Waals surface area contributed by atoms with Gasteiger partial charge < -0.3 is 0 Å². The molecule has 7 nitrogen and oxygen atoms in total. The fourth-order valence-electron chi connectivity index (χ4n) is 1.89. The molecule has 0 unspecified atom stereocenters. The molecule has 2 aromatic rings. The van der Waals surface area contributed by atoms with Crippen molar-refractivity contribution in [2.75, 3.05) is 0 Å². The smallest absolute Gasteiger partial charge is 0.271 e. The van der Waals surface area contributed by atoms with Crippen molar-refractivity contribution in [2.24, 2.45) is 5.10 Å². The first-order chi connectivity index (χ1) is 11.2. The summed E-state index contributed by atoms with van der Waals surface area (Å²) < 4.78 is 38.8. The summed E-state index contributed by atoms with van der Waals surface area (Å²) in [5.41, 5.74) is 3.70. The summed E-state index contributed by atoms with van der Waals surface area (Å²) in [4.78, 5) is 11.8.